The zero-order valence-electron chi connectivity index (χ0n) is 10.6. The van der Waals surface area contributed by atoms with E-state index in [9.17, 15) is 0 Å². The summed E-state index contributed by atoms with van der Waals surface area (Å²) in [5.74, 6) is 0. The monoisotopic (exact) mass is 288 g/mol. The number of nitrogens with one attached hydrogen (secondary N) is 2. The van der Waals surface area contributed by atoms with Crippen LogP contribution in [0.2, 0.25) is 5.02 Å². The summed E-state index contributed by atoms with van der Waals surface area (Å²) in [4.78, 5) is 0. The van der Waals surface area contributed by atoms with Crippen LogP contribution in [0.3, 0.4) is 0 Å². The molecule has 0 spiro atoms. The van der Waals surface area contributed by atoms with Gasteiger partial charge in [-0.05, 0) is 42.9 Å². The zero-order chi connectivity index (χ0) is 13.5. The van der Waals surface area contributed by atoms with Crippen molar-refractivity contribution in [3.05, 3.63) is 28.8 Å². The predicted molar refractivity (Wildman–Crippen MR) is 78.2 cm³/mol. The highest BCUT2D eigenvalue weighted by Crippen LogP contribution is 2.19. The lowest BCUT2D eigenvalue weighted by atomic mass is 10.2. The van der Waals surface area contributed by atoms with Crippen molar-refractivity contribution in [2.45, 2.75) is 13.2 Å². The molecule has 1 aromatic rings. The van der Waals surface area contributed by atoms with E-state index in [1.54, 1.807) is 14.2 Å². The molecule has 100 valence electrons. The topological polar surface area (TPSA) is 42.5 Å². The smallest absolute Gasteiger partial charge is 0.174 e. The summed E-state index contributed by atoms with van der Waals surface area (Å²) in [5.41, 5.74) is 1.95. The van der Waals surface area contributed by atoms with E-state index in [0.717, 1.165) is 11.3 Å². The number of anilines is 1. The van der Waals surface area contributed by atoms with E-state index in [-0.39, 0.29) is 6.29 Å². The number of benzene rings is 1. The van der Waals surface area contributed by atoms with Crippen molar-refractivity contribution in [3.63, 3.8) is 0 Å². The molecule has 18 heavy (non-hydrogen) atoms. The zero-order valence-corrected chi connectivity index (χ0v) is 12.2. The third-order valence-corrected chi connectivity index (χ3v) is 2.87. The Morgan fingerprint density at radius 1 is 1.39 bits per heavy atom. The van der Waals surface area contributed by atoms with Crippen LogP contribution in [0.1, 0.15) is 5.56 Å². The Hall–Kier alpha value is -0.880. The first-order valence-electron chi connectivity index (χ1n) is 5.43. The molecule has 4 nitrogen and oxygen atoms in total. The molecule has 0 aliphatic heterocycles. The van der Waals surface area contributed by atoms with Crippen LogP contribution in [0.5, 0.6) is 0 Å². The van der Waals surface area contributed by atoms with Gasteiger partial charge in [-0.3, -0.25) is 0 Å². The molecule has 0 aliphatic rings. The second kappa shape index (κ2) is 7.53. The molecule has 0 aromatic heterocycles. The maximum absolute atomic E-state index is 5.88. The van der Waals surface area contributed by atoms with E-state index in [1.165, 1.54) is 0 Å². The summed E-state index contributed by atoms with van der Waals surface area (Å²) in [5, 5.41) is 7.32. The average Bonchev–Trinajstić information content (AvgIpc) is 2.34. The van der Waals surface area contributed by atoms with Gasteiger partial charge in [-0.2, -0.15) is 0 Å². The van der Waals surface area contributed by atoms with Gasteiger partial charge in [-0.1, -0.05) is 11.6 Å². The summed E-state index contributed by atoms with van der Waals surface area (Å²) in [6.45, 7) is 2.44. The number of hydrogen-bond acceptors (Lipinski definition) is 3. The maximum Gasteiger partial charge on any atom is 0.174 e. The second-order valence-corrected chi connectivity index (χ2v) is 4.54. The summed E-state index contributed by atoms with van der Waals surface area (Å²) in [6.07, 6.45) is -0.323. The van der Waals surface area contributed by atoms with Gasteiger partial charge >= 0.3 is 0 Å². The second-order valence-electron chi connectivity index (χ2n) is 3.70. The number of methoxy groups -OCH3 is 2. The number of rotatable bonds is 5. The average molecular weight is 289 g/mol. The molecule has 0 saturated carbocycles. The van der Waals surface area contributed by atoms with E-state index >= 15 is 0 Å². The van der Waals surface area contributed by atoms with Crippen molar-refractivity contribution in [1.29, 1.82) is 0 Å². The Balaban J connectivity index is 2.49. The normalized spacial score (nSPS) is 10.5. The van der Waals surface area contributed by atoms with Crippen LogP contribution in [0.15, 0.2) is 18.2 Å². The fourth-order valence-electron chi connectivity index (χ4n) is 1.37. The van der Waals surface area contributed by atoms with Gasteiger partial charge in [0, 0.05) is 24.9 Å². The molecule has 0 bridgehead atoms. The molecule has 0 fully saturated rings. The first-order chi connectivity index (χ1) is 8.56. The molecule has 2 N–H and O–H groups in total. The molecule has 0 atom stereocenters. The van der Waals surface area contributed by atoms with E-state index in [4.69, 9.17) is 33.3 Å². The van der Waals surface area contributed by atoms with Crippen LogP contribution in [0.25, 0.3) is 0 Å². The Morgan fingerprint density at radius 2 is 2.06 bits per heavy atom. The molecule has 0 radical (unpaired) electrons. The van der Waals surface area contributed by atoms with Crippen molar-refractivity contribution >= 4 is 34.6 Å². The third kappa shape index (κ3) is 4.78. The molecule has 1 aromatic carbocycles. The SMILES string of the molecule is COC(CNC(=S)Nc1ccc(Cl)cc1C)OC. The first-order valence-corrected chi connectivity index (χ1v) is 6.22. The number of hydrogen-bond donors (Lipinski definition) is 2. The van der Waals surface area contributed by atoms with E-state index in [1.807, 2.05) is 25.1 Å². The van der Waals surface area contributed by atoms with Crippen LogP contribution < -0.4 is 10.6 Å². The molecule has 0 heterocycles. The van der Waals surface area contributed by atoms with Crippen molar-refractivity contribution in [1.82, 2.24) is 5.32 Å². The van der Waals surface area contributed by atoms with Crippen molar-refractivity contribution < 1.29 is 9.47 Å². The molecule has 0 unspecified atom stereocenters. The minimum absolute atomic E-state index is 0.323. The van der Waals surface area contributed by atoms with Gasteiger partial charge < -0.3 is 20.1 Å². The fourth-order valence-corrected chi connectivity index (χ4v) is 1.79. The third-order valence-electron chi connectivity index (χ3n) is 2.39. The highest BCUT2D eigenvalue weighted by atomic mass is 35.5. The Labute approximate surface area is 118 Å². The Bertz CT molecular complexity index is 411. The predicted octanol–water partition coefficient (Wildman–Crippen LogP) is 2.55. The van der Waals surface area contributed by atoms with Gasteiger partial charge in [0.15, 0.2) is 11.4 Å². The summed E-state index contributed by atoms with van der Waals surface area (Å²) in [7, 11) is 3.16. The lowest BCUT2D eigenvalue weighted by Gasteiger charge is -2.17. The summed E-state index contributed by atoms with van der Waals surface area (Å²) < 4.78 is 10.1. The van der Waals surface area contributed by atoms with Crippen LogP contribution in [-0.4, -0.2) is 32.2 Å². The fraction of sp³-hybridized carbons (Fsp3) is 0.417. The van der Waals surface area contributed by atoms with Gasteiger partial charge in [-0.15, -0.1) is 0 Å². The van der Waals surface area contributed by atoms with Crippen molar-refractivity contribution in [2.24, 2.45) is 0 Å². The molecule has 6 heteroatoms. The minimum Gasteiger partial charge on any atom is -0.357 e. The van der Waals surface area contributed by atoms with Gasteiger partial charge in [-0.25, -0.2) is 0 Å². The summed E-state index contributed by atoms with van der Waals surface area (Å²) in [6, 6.07) is 5.57. The lowest BCUT2D eigenvalue weighted by Crippen LogP contribution is -2.36. The van der Waals surface area contributed by atoms with E-state index in [2.05, 4.69) is 10.6 Å². The maximum atomic E-state index is 5.88. The van der Waals surface area contributed by atoms with E-state index < -0.39 is 0 Å². The highest BCUT2D eigenvalue weighted by molar-refractivity contribution is 7.80. The van der Waals surface area contributed by atoms with Crippen LogP contribution in [-0.2, 0) is 9.47 Å². The number of halogens is 1. The Morgan fingerprint density at radius 3 is 2.61 bits per heavy atom. The molecule has 0 amide bonds. The number of thiocarbonyl (C=S) groups is 1. The number of ether oxygens (including phenoxy) is 2. The molecule has 1 rings (SSSR count). The van der Waals surface area contributed by atoms with Gasteiger partial charge in [0.2, 0.25) is 0 Å². The molecular formula is C12H17ClN2O2S. The lowest BCUT2D eigenvalue weighted by molar-refractivity contribution is -0.0964. The van der Waals surface area contributed by atoms with Gasteiger partial charge in [0.05, 0.1) is 6.54 Å². The van der Waals surface area contributed by atoms with E-state index in [0.29, 0.717) is 16.7 Å². The Kier molecular flexibility index (Phi) is 6.35. The first kappa shape index (κ1) is 15.2. The van der Waals surface area contributed by atoms with Crippen molar-refractivity contribution in [3.8, 4) is 0 Å². The van der Waals surface area contributed by atoms with Crippen LogP contribution in [0, 0.1) is 6.92 Å². The van der Waals surface area contributed by atoms with Crippen molar-refractivity contribution in [2.75, 3.05) is 26.1 Å². The van der Waals surface area contributed by atoms with Crippen LogP contribution >= 0.6 is 23.8 Å². The largest absolute Gasteiger partial charge is 0.357 e. The standard InChI is InChI=1S/C12H17ClN2O2S/c1-8-6-9(13)4-5-10(8)15-12(18)14-7-11(16-2)17-3/h4-6,11H,7H2,1-3H3,(H2,14,15,18). The van der Waals surface area contributed by atoms with Gasteiger partial charge in [0.1, 0.15) is 0 Å². The molecule has 0 saturated heterocycles. The molecular weight excluding hydrogens is 272 g/mol. The highest BCUT2D eigenvalue weighted by Gasteiger charge is 2.06. The van der Waals surface area contributed by atoms with Crippen LogP contribution in [0.4, 0.5) is 5.69 Å². The number of aryl methyl sites for hydroxylation is 1. The van der Waals surface area contributed by atoms with Gasteiger partial charge in [0.25, 0.3) is 0 Å². The molecule has 0 aliphatic carbocycles. The summed E-state index contributed by atoms with van der Waals surface area (Å²) >= 11 is 11.1. The minimum atomic E-state index is -0.323. The quantitative estimate of drug-likeness (QED) is 0.644.